The van der Waals surface area contributed by atoms with Crippen molar-refractivity contribution in [3.05, 3.63) is 0 Å². The van der Waals surface area contributed by atoms with Gasteiger partial charge in [-0.1, -0.05) is 0 Å². The zero-order valence-electron chi connectivity index (χ0n) is 2.23. The summed E-state index contributed by atoms with van der Waals surface area (Å²) in [7, 11) is 0. The first-order chi connectivity index (χ1) is 0. The van der Waals surface area contributed by atoms with Crippen molar-refractivity contribution in [3.63, 3.8) is 0 Å². The Balaban J connectivity index is 0. The smallest absolute Gasteiger partial charge is 2.00 e. The van der Waals surface area contributed by atoms with E-state index in [-0.39, 0.29) is 74.3 Å². The van der Waals surface area contributed by atoms with Crippen molar-refractivity contribution in [1.82, 2.24) is 0 Å². The van der Waals surface area contributed by atoms with E-state index in [0.29, 0.717) is 0 Å². The first kappa shape index (κ1) is 34.9. The third-order valence-corrected chi connectivity index (χ3v) is 0. The molecule has 4 heteroatoms. The van der Waals surface area contributed by atoms with E-state index in [0.717, 1.165) is 0 Å². The third kappa shape index (κ3) is 8.89. The molecule has 0 spiro atoms. The molecule has 0 aromatic heterocycles. The van der Waals surface area contributed by atoms with Gasteiger partial charge in [0.2, 0.25) is 0 Å². The first-order valence-electron chi connectivity index (χ1n) is 0. The summed E-state index contributed by atoms with van der Waals surface area (Å²) < 4.78 is 0. The molecule has 0 aromatic carbocycles. The fourth-order valence-corrected chi connectivity index (χ4v) is 0. The maximum absolute atomic E-state index is 0. The van der Waals surface area contributed by atoms with E-state index in [1.165, 1.54) is 0 Å². The van der Waals surface area contributed by atoms with Crippen molar-refractivity contribution >= 4 is 13.5 Å². The van der Waals surface area contributed by atoms with Crippen molar-refractivity contribution in [3.8, 4) is 0 Å². The molecular formula is Hg2OS. The normalized spacial score (nSPS) is 0. The van der Waals surface area contributed by atoms with Crippen LogP contribution in [0.2, 0.25) is 0 Å². The fraction of sp³-hybridized carbons (Fsp3) is 0. The van der Waals surface area contributed by atoms with E-state index >= 15 is 0 Å². The van der Waals surface area contributed by atoms with Gasteiger partial charge in [-0.3, -0.25) is 0 Å². The number of hydrogen-bond acceptors (Lipinski definition) is 0. The van der Waals surface area contributed by atoms with Crippen LogP contribution in [0.5, 0.6) is 0 Å². The SMILES string of the molecule is [Hg+2].[Hg+2].[O-2].[S-2]. The topological polar surface area (TPSA) is 28.5 Å². The minimum absolute atomic E-state index is 0. The quantitative estimate of drug-likeness (QED) is 0.462. The summed E-state index contributed by atoms with van der Waals surface area (Å²) in [6.45, 7) is 0. The van der Waals surface area contributed by atoms with Crippen molar-refractivity contribution in [1.29, 1.82) is 0 Å². The molecule has 0 N–H and O–H groups in total. The minimum atomic E-state index is 0. The Labute approximate surface area is 73.3 Å². The van der Waals surface area contributed by atoms with Crippen molar-refractivity contribution in [2.45, 2.75) is 0 Å². The largest absolute Gasteiger partial charge is 2.00 e. The summed E-state index contributed by atoms with van der Waals surface area (Å²) in [5, 5.41) is 0. The molecule has 0 radical (unpaired) electrons. The van der Waals surface area contributed by atoms with Gasteiger partial charge in [0.1, 0.15) is 0 Å². The van der Waals surface area contributed by atoms with E-state index < -0.39 is 0 Å². The van der Waals surface area contributed by atoms with E-state index in [1.807, 2.05) is 0 Å². The average molecular weight is 449 g/mol. The molecule has 0 saturated carbocycles. The van der Waals surface area contributed by atoms with Crippen LogP contribution >= 0.6 is 0 Å². The molecule has 1 nitrogen and oxygen atoms in total. The molecule has 0 aliphatic heterocycles. The summed E-state index contributed by atoms with van der Waals surface area (Å²) in [4.78, 5) is 0. The molecule has 16 valence electrons. The Morgan fingerprint density at radius 2 is 0.750 bits per heavy atom. The third-order valence-electron chi connectivity index (χ3n) is 0. The molecule has 0 fully saturated rings. The molecule has 0 rings (SSSR count). The first-order valence-corrected chi connectivity index (χ1v) is 0. The van der Waals surface area contributed by atoms with Gasteiger partial charge < -0.3 is 19.0 Å². The van der Waals surface area contributed by atoms with Gasteiger partial charge in [0.15, 0.2) is 0 Å². The van der Waals surface area contributed by atoms with Gasteiger partial charge in [0.25, 0.3) is 0 Å². The number of rotatable bonds is 0. The Hall–Kier alpha value is 2.18. The molecule has 0 amide bonds. The molecule has 0 aromatic rings. The van der Waals surface area contributed by atoms with Crippen molar-refractivity contribution in [2.75, 3.05) is 0 Å². The van der Waals surface area contributed by atoms with Gasteiger partial charge in [-0.05, 0) is 0 Å². The van der Waals surface area contributed by atoms with E-state index in [2.05, 4.69) is 0 Å². The second kappa shape index (κ2) is 19.0. The minimum Gasteiger partial charge on any atom is -2.00 e. The Bertz CT molecular complexity index is 6.00. The van der Waals surface area contributed by atoms with Crippen molar-refractivity contribution < 1.29 is 60.8 Å². The summed E-state index contributed by atoms with van der Waals surface area (Å²) in [6, 6.07) is 0. The zero-order chi connectivity index (χ0) is 0. The molecule has 0 atom stereocenters. The molecule has 0 heterocycles. The number of hydrogen-bond donors (Lipinski definition) is 0. The maximum atomic E-state index is 0. The Morgan fingerprint density at radius 3 is 0.750 bits per heavy atom. The van der Waals surface area contributed by atoms with Gasteiger partial charge in [0, 0.05) is 0 Å². The van der Waals surface area contributed by atoms with Gasteiger partial charge in [0.05, 0.1) is 0 Å². The molecular weight excluding hydrogens is 449 g/mol. The molecule has 0 saturated heterocycles. The summed E-state index contributed by atoms with van der Waals surface area (Å²) in [5.74, 6) is 0. The van der Waals surface area contributed by atoms with Crippen LogP contribution in [0.3, 0.4) is 0 Å². The average Bonchev–Trinajstić information content (AvgIpc) is 0. The standard InChI is InChI=1S/2Hg.O.S/q2*+2;2*-2. The summed E-state index contributed by atoms with van der Waals surface area (Å²) >= 11 is 0. The van der Waals surface area contributed by atoms with Gasteiger partial charge >= 0.3 is 55.3 Å². The predicted molar refractivity (Wildman–Crippen MR) is 8.05 cm³/mol. The molecule has 0 unspecified atom stereocenters. The maximum Gasteiger partial charge on any atom is 2.00 e. The van der Waals surface area contributed by atoms with Crippen LogP contribution in [-0.2, 0) is 74.3 Å². The molecule has 4 heavy (non-hydrogen) atoms. The summed E-state index contributed by atoms with van der Waals surface area (Å²) in [6.07, 6.45) is 0. The van der Waals surface area contributed by atoms with Gasteiger partial charge in [-0.15, -0.1) is 0 Å². The van der Waals surface area contributed by atoms with Gasteiger partial charge in [-0.2, -0.15) is 0 Å². The molecule has 0 aliphatic rings. The fourth-order valence-electron chi connectivity index (χ4n) is 0. The van der Waals surface area contributed by atoms with Crippen molar-refractivity contribution in [2.24, 2.45) is 0 Å². The second-order valence-electron chi connectivity index (χ2n) is 0. The van der Waals surface area contributed by atoms with E-state index in [4.69, 9.17) is 0 Å². The van der Waals surface area contributed by atoms with Crippen LogP contribution in [0, 0.1) is 0 Å². The zero-order valence-corrected chi connectivity index (χ0v) is 14.0. The van der Waals surface area contributed by atoms with E-state index in [1.54, 1.807) is 0 Å². The Morgan fingerprint density at radius 1 is 0.750 bits per heavy atom. The van der Waals surface area contributed by atoms with Crippen LogP contribution < -0.4 is 0 Å². The van der Waals surface area contributed by atoms with Gasteiger partial charge in [-0.25, -0.2) is 0 Å². The van der Waals surface area contributed by atoms with Crippen LogP contribution in [0.4, 0.5) is 0 Å². The molecule has 0 bridgehead atoms. The summed E-state index contributed by atoms with van der Waals surface area (Å²) in [5.41, 5.74) is 0. The Kier molecular flexibility index (Phi) is 166. The van der Waals surface area contributed by atoms with E-state index in [9.17, 15) is 0 Å². The second-order valence-corrected chi connectivity index (χ2v) is 0. The van der Waals surface area contributed by atoms with Crippen LogP contribution in [-0.4, -0.2) is 0 Å². The predicted octanol–water partition coefficient (Wildman–Crippen LogP) is -0.126. The van der Waals surface area contributed by atoms with Crippen LogP contribution in [0.1, 0.15) is 0 Å². The van der Waals surface area contributed by atoms with Crippen LogP contribution in [0.15, 0.2) is 0 Å². The monoisotopic (exact) mass is 452 g/mol. The van der Waals surface area contributed by atoms with Crippen LogP contribution in [0.25, 0.3) is 0 Å². The molecule has 0 aliphatic carbocycles.